The number of urea groups is 1. The van der Waals surface area contributed by atoms with Crippen LogP contribution in [0.2, 0.25) is 5.02 Å². The maximum absolute atomic E-state index is 13.1. The van der Waals surface area contributed by atoms with Crippen LogP contribution in [0.15, 0.2) is 70.5 Å². The summed E-state index contributed by atoms with van der Waals surface area (Å²) in [5.74, 6) is -0.0461. The number of anilines is 3. The molecular formula is C23H20ClN3O2S. The summed E-state index contributed by atoms with van der Waals surface area (Å²) >= 11 is 7.68. The summed E-state index contributed by atoms with van der Waals surface area (Å²) in [6.45, 7) is 4.37. The zero-order valence-corrected chi connectivity index (χ0v) is 18.1. The number of amides is 3. The lowest BCUT2D eigenvalue weighted by Crippen LogP contribution is -2.30. The van der Waals surface area contributed by atoms with Gasteiger partial charge in [-0.05, 0) is 61.9 Å². The van der Waals surface area contributed by atoms with Gasteiger partial charge in [0, 0.05) is 32.7 Å². The average Bonchev–Trinajstić information content (AvgIpc) is 2.84. The molecule has 7 heteroatoms. The molecule has 0 spiro atoms. The second-order valence-electron chi connectivity index (χ2n) is 6.87. The molecule has 0 aliphatic carbocycles. The van der Waals surface area contributed by atoms with E-state index in [4.69, 9.17) is 11.6 Å². The molecule has 3 aromatic rings. The minimum absolute atomic E-state index is 0.0461. The van der Waals surface area contributed by atoms with Crippen LogP contribution in [0.4, 0.5) is 21.9 Å². The number of carbonyl (C=O) groups excluding carboxylic acids is 2. The Labute approximate surface area is 184 Å². The summed E-state index contributed by atoms with van der Waals surface area (Å²) in [6.07, 6.45) is 0. The molecule has 0 aromatic heterocycles. The van der Waals surface area contributed by atoms with E-state index in [1.54, 1.807) is 28.8 Å². The predicted octanol–water partition coefficient (Wildman–Crippen LogP) is 6.42. The first-order valence-electron chi connectivity index (χ1n) is 9.53. The molecule has 0 saturated carbocycles. The fraction of sp³-hybridized carbons (Fsp3) is 0.130. The SMILES string of the molecule is CCN1C(=O)c2ccccc2Sc2ccc(NC(=O)Nc3ccc(C)c(Cl)c3)cc21. The van der Waals surface area contributed by atoms with Crippen molar-refractivity contribution in [3.8, 4) is 0 Å². The number of hydrogen-bond donors (Lipinski definition) is 2. The highest BCUT2D eigenvalue weighted by atomic mass is 35.5. The topological polar surface area (TPSA) is 61.4 Å². The molecule has 0 unspecified atom stereocenters. The Morgan fingerprint density at radius 3 is 2.43 bits per heavy atom. The highest BCUT2D eigenvalue weighted by Gasteiger charge is 2.26. The summed E-state index contributed by atoms with van der Waals surface area (Å²) in [4.78, 5) is 29.1. The normalized spacial score (nSPS) is 12.6. The van der Waals surface area contributed by atoms with Gasteiger partial charge in [-0.2, -0.15) is 0 Å². The molecule has 0 atom stereocenters. The minimum Gasteiger partial charge on any atom is -0.308 e. The van der Waals surface area contributed by atoms with Gasteiger partial charge in [-0.25, -0.2) is 4.79 Å². The fourth-order valence-electron chi connectivity index (χ4n) is 3.28. The Morgan fingerprint density at radius 1 is 1.00 bits per heavy atom. The highest BCUT2D eigenvalue weighted by Crippen LogP contribution is 2.42. The van der Waals surface area contributed by atoms with Gasteiger partial charge in [0.15, 0.2) is 0 Å². The first-order chi connectivity index (χ1) is 14.5. The quantitative estimate of drug-likeness (QED) is 0.496. The average molecular weight is 438 g/mol. The van der Waals surface area contributed by atoms with Crippen molar-refractivity contribution >= 4 is 52.4 Å². The molecule has 0 saturated heterocycles. The van der Waals surface area contributed by atoms with Crippen molar-refractivity contribution in [3.05, 3.63) is 76.8 Å². The molecule has 1 heterocycles. The second-order valence-corrected chi connectivity index (χ2v) is 8.36. The number of aryl methyl sites for hydroxylation is 1. The van der Waals surface area contributed by atoms with Crippen molar-refractivity contribution in [2.45, 2.75) is 23.6 Å². The van der Waals surface area contributed by atoms with Crippen LogP contribution in [0.3, 0.4) is 0 Å². The van der Waals surface area contributed by atoms with Gasteiger partial charge in [0.05, 0.1) is 11.3 Å². The van der Waals surface area contributed by atoms with Gasteiger partial charge in [0.1, 0.15) is 0 Å². The molecule has 0 fully saturated rings. The fourth-order valence-corrected chi connectivity index (χ4v) is 4.52. The number of benzene rings is 3. The number of nitrogens with zero attached hydrogens (tertiary/aromatic N) is 1. The smallest absolute Gasteiger partial charge is 0.308 e. The van der Waals surface area contributed by atoms with Crippen LogP contribution >= 0.6 is 23.4 Å². The monoisotopic (exact) mass is 437 g/mol. The van der Waals surface area contributed by atoms with Gasteiger partial charge in [-0.3, -0.25) is 4.79 Å². The van der Waals surface area contributed by atoms with E-state index in [2.05, 4.69) is 10.6 Å². The third-order valence-corrected chi connectivity index (χ3v) is 6.38. The Balaban J connectivity index is 1.59. The van der Waals surface area contributed by atoms with Crippen LogP contribution in [0.5, 0.6) is 0 Å². The van der Waals surface area contributed by atoms with E-state index >= 15 is 0 Å². The van der Waals surface area contributed by atoms with Gasteiger partial charge < -0.3 is 15.5 Å². The van der Waals surface area contributed by atoms with Gasteiger partial charge in [0.2, 0.25) is 0 Å². The van der Waals surface area contributed by atoms with E-state index < -0.39 is 0 Å². The second kappa shape index (κ2) is 8.42. The number of hydrogen-bond acceptors (Lipinski definition) is 3. The number of halogens is 1. The molecule has 5 nitrogen and oxygen atoms in total. The molecule has 3 aromatic carbocycles. The molecule has 1 aliphatic rings. The first kappa shape index (κ1) is 20.3. The molecule has 4 rings (SSSR count). The molecule has 1 aliphatic heterocycles. The van der Waals surface area contributed by atoms with Crippen molar-refractivity contribution in [3.63, 3.8) is 0 Å². The molecule has 3 amide bonds. The highest BCUT2D eigenvalue weighted by molar-refractivity contribution is 7.99. The number of rotatable bonds is 3. The van der Waals surface area contributed by atoms with Gasteiger partial charge in [-0.15, -0.1) is 0 Å². The predicted molar refractivity (Wildman–Crippen MR) is 123 cm³/mol. The van der Waals surface area contributed by atoms with Crippen LogP contribution in [0.1, 0.15) is 22.8 Å². The molecule has 152 valence electrons. The Bertz CT molecular complexity index is 1150. The van der Waals surface area contributed by atoms with Crippen molar-refractivity contribution in [1.82, 2.24) is 0 Å². The summed E-state index contributed by atoms with van der Waals surface area (Å²) in [5, 5.41) is 6.20. The maximum Gasteiger partial charge on any atom is 0.323 e. The summed E-state index contributed by atoms with van der Waals surface area (Å²) < 4.78 is 0. The van der Waals surface area contributed by atoms with E-state index in [-0.39, 0.29) is 11.9 Å². The molecule has 2 N–H and O–H groups in total. The largest absolute Gasteiger partial charge is 0.323 e. The molecule has 30 heavy (non-hydrogen) atoms. The lowest BCUT2D eigenvalue weighted by molar-refractivity contribution is 0.0985. The Morgan fingerprint density at radius 2 is 1.70 bits per heavy atom. The summed E-state index contributed by atoms with van der Waals surface area (Å²) in [7, 11) is 0. The van der Waals surface area contributed by atoms with Gasteiger partial charge in [-0.1, -0.05) is 41.6 Å². The molecule has 0 radical (unpaired) electrons. The molecular weight excluding hydrogens is 418 g/mol. The van der Waals surface area contributed by atoms with Gasteiger partial charge >= 0.3 is 6.03 Å². The van der Waals surface area contributed by atoms with E-state index in [0.29, 0.717) is 28.5 Å². The number of fused-ring (bicyclic) bond motifs is 2. The van der Waals surface area contributed by atoms with Crippen molar-refractivity contribution in [2.24, 2.45) is 0 Å². The van der Waals surface area contributed by atoms with Crippen molar-refractivity contribution in [2.75, 3.05) is 22.1 Å². The van der Waals surface area contributed by atoms with Crippen molar-refractivity contribution < 1.29 is 9.59 Å². The first-order valence-corrected chi connectivity index (χ1v) is 10.7. The van der Waals surface area contributed by atoms with E-state index in [9.17, 15) is 9.59 Å². The van der Waals surface area contributed by atoms with Crippen LogP contribution in [0.25, 0.3) is 0 Å². The lowest BCUT2D eigenvalue weighted by atomic mass is 10.1. The summed E-state index contributed by atoms with van der Waals surface area (Å²) in [6, 6.07) is 18.2. The third-order valence-electron chi connectivity index (χ3n) is 4.84. The lowest BCUT2D eigenvalue weighted by Gasteiger charge is -2.22. The Kier molecular flexibility index (Phi) is 5.70. The van der Waals surface area contributed by atoms with E-state index in [1.165, 1.54) is 0 Å². The van der Waals surface area contributed by atoms with Crippen LogP contribution in [0, 0.1) is 6.92 Å². The maximum atomic E-state index is 13.1. The van der Waals surface area contributed by atoms with E-state index in [1.807, 2.05) is 62.4 Å². The van der Waals surface area contributed by atoms with Crippen LogP contribution < -0.4 is 15.5 Å². The minimum atomic E-state index is -0.381. The van der Waals surface area contributed by atoms with E-state index in [0.717, 1.165) is 21.0 Å². The summed E-state index contributed by atoms with van der Waals surface area (Å²) in [5.41, 5.74) is 3.61. The molecule has 0 bridgehead atoms. The zero-order valence-electron chi connectivity index (χ0n) is 16.5. The number of nitrogens with one attached hydrogen (secondary N) is 2. The zero-order chi connectivity index (χ0) is 21.3. The van der Waals surface area contributed by atoms with Crippen molar-refractivity contribution in [1.29, 1.82) is 0 Å². The number of carbonyl (C=O) groups is 2. The van der Waals surface area contributed by atoms with Gasteiger partial charge in [0.25, 0.3) is 5.91 Å². The standard InChI is InChI=1S/C23H20ClN3O2S/c1-3-27-19-13-16(26-23(29)25-15-9-8-14(2)18(24)12-15)10-11-21(19)30-20-7-5-4-6-17(20)22(27)28/h4-13H,3H2,1-2H3,(H2,25,26,29). The Hall–Kier alpha value is -2.96. The van der Waals surface area contributed by atoms with Crippen LogP contribution in [-0.4, -0.2) is 18.5 Å². The van der Waals surface area contributed by atoms with Crippen LogP contribution in [-0.2, 0) is 0 Å². The third kappa shape index (κ3) is 4.01.